The van der Waals surface area contributed by atoms with Crippen molar-refractivity contribution in [2.75, 3.05) is 0 Å². The van der Waals surface area contributed by atoms with Crippen LogP contribution >= 0.6 is 0 Å². The average Bonchev–Trinajstić information content (AvgIpc) is 2.42. The first-order valence-electron chi connectivity index (χ1n) is 7.72. The lowest BCUT2D eigenvalue weighted by Gasteiger charge is -2.02. The van der Waals surface area contributed by atoms with Gasteiger partial charge in [-0.25, -0.2) is 0 Å². The third-order valence-corrected chi connectivity index (χ3v) is 4.73. The van der Waals surface area contributed by atoms with Gasteiger partial charge in [-0.15, -0.1) is 0 Å². The van der Waals surface area contributed by atoms with E-state index in [-0.39, 0.29) is 0 Å². The van der Waals surface area contributed by atoms with Crippen molar-refractivity contribution >= 4 is 14.7 Å². The maximum absolute atomic E-state index is 2.29. The molecule has 0 aliphatic carbocycles. The highest BCUT2D eigenvalue weighted by atomic mass is 28.2. The lowest BCUT2D eigenvalue weighted by atomic mass is 10.1. The highest BCUT2D eigenvalue weighted by Crippen LogP contribution is 2.10. The largest absolute Gasteiger partial charge is 0.0807 e. The fraction of sp³-hybridized carbons (Fsp3) is 0.647. The predicted molar refractivity (Wildman–Crippen MR) is 83.9 cm³/mol. The van der Waals surface area contributed by atoms with Crippen LogP contribution in [0.5, 0.6) is 0 Å². The molecule has 0 saturated carbocycles. The van der Waals surface area contributed by atoms with Gasteiger partial charge in [0.25, 0.3) is 0 Å². The first-order chi connectivity index (χ1) is 8.93. The Morgan fingerprint density at radius 2 is 1.28 bits per heavy atom. The Kier molecular flexibility index (Phi) is 9.92. The fourth-order valence-electron chi connectivity index (χ4n) is 2.22. The molecule has 2 radical (unpaired) electrons. The van der Waals surface area contributed by atoms with E-state index < -0.39 is 0 Å². The van der Waals surface area contributed by atoms with E-state index in [0.29, 0.717) is 0 Å². The minimum atomic E-state index is 1.02. The molecule has 0 unspecified atom stereocenters. The van der Waals surface area contributed by atoms with Gasteiger partial charge in [-0.2, -0.15) is 0 Å². The summed E-state index contributed by atoms with van der Waals surface area (Å²) in [6.45, 7) is 2.29. The van der Waals surface area contributed by atoms with E-state index in [9.17, 15) is 0 Å². The van der Waals surface area contributed by atoms with Gasteiger partial charge in [-0.05, 0) is 0 Å². The van der Waals surface area contributed by atoms with Crippen LogP contribution in [0.3, 0.4) is 0 Å². The van der Waals surface area contributed by atoms with Gasteiger partial charge in [0.15, 0.2) is 0 Å². The van der Waals surface area contributed by atoms with Gasteiger partial charge in [0.2, 0.25) is 0 Å². The number of benzene rings is 1. The zero-order chi connectivity index (χ0) is 12.9. The second kappa shape index (κ2) is 11.5. The third kappa shape index (κ3) is 8.52. The first kappa shape index (κ1) is 15.5. The van der Waals surface area contributed by atoms with E-state index in [1.165, 1.54) is 69.0 Å². The van der Waals surface area contributed by atoms with Gasteiger partial charge in [0, 0.05) is 0 Å². The smallest absolute Gasteiger partial charge is 0.0654 e. The third-order valence-electron chi connectivity index (χ3n) is 3.38. The molecule has 0 saturated heterocycles. The van der Waals surface area contributed by atoms with Crippen molar-refractivity contribution in [2.24, 2.45) is 0 Å². The van der Waals surface area contributed by atoms with Crippen LogP contribution in [0.25, 0.3) is 0 Å². The van der Waals surface area contributed by atoms with E-state index in [1.807, 2.05) is 0 Å². The molecule has 0 atom stereocenters. The lowest BCUT2D eigenvalue weighted by Crippen LogP contribution is -2.12. The Morgan fingerprint density at radius 3 is 1.89 bits per heavy atom. The highest BCUT2D eigenvalue weighted by Gasteiger charge is 1.95. The summed E-state index contributed by atoms with van der Waals surface area (Å²) in [5, 5.41) is 1.53. The summed E-state index contributed by atoms with van der Waals surface area (Å²) < 4.78 is 0. The molecule has 0 amide bonds. The second-order valence-corrected chi connectivity index (χ2v) is 6.55. The normalized spacial score (nSPS) is 10.7. The van der Waals surface area contributed by atoms with Crippen LogP contribution in [-0.2, 0) is 0 Å². The summed E-state index contributed by atoms with van der Waals surface area (Å²) in [6.07, 6.45) is 12.9. The molecular weight excluding hydrogens is 232 g/mol. The molecule has 1 aromatic rings. The van der Waals surface area contributed by atoms with Crippen molar-refractivity contribution in [3.63, 3.8) is 0 Å². The van der Waals surface area contributed by atoms with Gasteiger partial charge in [0.05, 0.1) is 9.52 Å². The lowest BCUT2D eigenvalue weighted by molar-refractivity contribution is 0.572. The first-order valence-corrected chi connectivity index (χ1v) is 8.93. The molecule has 0 nitrogen and oxygen atoms in total. The minimum Gasteiger partial charge on any atom is -0.0654 e. The van der Waals surface area contributed by atoms with Crippen LogP contribution in [0.1, 0.15) is 64.7 Å². The Balaban J connectivity index is 1.82. The topological polar surface area (TPSA) is 0 Å². The SMILES string of the molecule is CCCCCCCCCCC[Si]c1ccccc1. The minimum absolute atomic E-state index is 1.02. The summed E-state index contributed by atoms with van der Waals surface area (Å²) in [7, 11) is 1.02. The van der Waals surface area contributed by atoms with Gasteiger partial charge in [-0.1, -0.05) is 106 Å². The zero-order valence-electron chi connectivity index (χ0n) is 12.0. The zero-order valence-corrected chi connectivity index (χ0v) is 13.0. The Labute approximate surface area is 116 Å². The molecule has 1 heteroatoms. The molecule has 0 bridgehead atoms. The van der Waals surface area contributed by atoms with Crippen LogP contribution in [-0.4, -0.2) is 9.52 Å². The van der Waals surface area contributed by atoms with Crippen molar-refractivity contribution in [3.8, 4) is 0 Å². The Bertz CT molecular complexity index is 268. The molecule has 1 aromatic carbocycles. The molecule has 0 aromatic heterocycles. The summed E-state index contributed by atoms with van der Waals surface area (Å²) in [4.78, 5) is 0. The Hall–Kier alpha value is -0.563. The van der Waals surface area contributed by atoms with E-state index in [1.54, 1.807) is 0 Å². The van der Waals surface area contributed by atoms with Crippen molar-refractivity contribution in [1.82, 2.24) is 0 Å². The standard InChI is InChI=1S/C17H28Si/c1-2-3-4-5-6-7-8-9-13-16-18-17-14-11-10-12-15-17/h10-12,14-15H,2-9,13,16H2,1H3. The molecule has 0 N–H and O–H groups in total. The monoisotopic (exact) mass is 260 g/mol. The van der Waals surface area contributed by atoms with E-state index >= 15 is 0 Å². The second-order valence-electron chi connectivity index (χ2n) is 5.12. The van der Waals surface area contributed by atoms with E-state index in [2.05, 4.69) is 37.3 Å². The summed E-state index contributed by atoms with van der Waals surface area (Å²) in [5.74, 6) is 0. The maximum Gasteiger partial charge on any atom is 0.0807 e. The molecule has 0 fully saturated rings. The van der Waals surface area contributed by atoms with Crippen LogP contribution in [0.4, 0.5) is 0 Å². The summed E-state index contributed by atoms with van der Waals surface area (Å²) in [5.41, 5.74) is 0. The van der Waals surface area contributed by atoms with Crippen LogP contribution in [0, 0.1) is 0 Å². The van der Waals surface area contributed by atoms with Crippen LogP contribution in [0.15, 0.2) is 30.3 Å². The van der Waals surface area contributed by atoms with Gasteiger partial charge < -0.3 is 0 Å². The summed E-state index contributed by atoms with van der Waals surface area (Å²) >= 11 is 0. The number of hydrogen-bond donors (Lipinski definition) is 0. The van der Waals surface area contributed by atoms with Crippen molar-refractivity contribution in [1.29, 1.82) is 0 Å². The average molecular weight is 260 g/mol. The van der Waals surface area contributed by atoms with Gasteiger partial charge >= 0.3 is 0 Å². The molecule has 0 aliphatic rings. The van der Waals surface area contributed by atoms with Crippen molar-refractivity contribution < 1.29 is 0 Å². The maximum atomic E-state index is 2.29. The molecular formula is C17H28Si. The van der Waals surface area contributed by atoms with E-state index in [4.69, 9.17) is 0 Å². The molecule has 1 rings (SSSR count). The number of hydrogen-bond acceptors (Lipinski definition) is 0. The highest BCUT2D eigenvalue weighted by molar-refractivity contribution is 6.53. The number of rotatable bonds is 11. The fourth-order valence-corrected chi connectivity index (χ4v) is 3.37. The van der Waals surface area contributed by atoms with Crippen LogP contribution in [0.2, 0.25) is 6.04 Å². The molecule has 100 valence electrons. The van der Waals surface area contributed by atoms with Gasteiger partial charge in [-0.3, -0.25) is 0 Å². The Morgan fingerprint density at radius 1 is 0.722 bits per heavy atom. The molecule has 18 heavy (non-hydrogen) atoms. The van der Waals surface area contributed by atoms with E-state index in [0.717, 1.165) is 9.52 Å². The van der Waals surface area contributed by atoms with Crippen molar-refractivity contribution in [3.05, 3.63) is 30.3 Å². The van der Waals surface area contributed by atoms with Crippen molar-refractivity contribution in [2.45, 2.75) is 70.8 Å². The molecule has 0 aliphatic heterocycles. The van der Waals surface area contributed by atoms with Gasteiger partial charge in [0.1, 0.15) is 0 Å². The molecule has 0 heterocycles. The van der Waals surface area contributed by atoms with Crippen LogP contribution < -0.4 is 5.19 Å². The quantitative estimate of drug-likeness (QED) is 0.389. The predicted octanol–water partition coefficient (Wildman–Crippen LogP) is 4.97. The summed E-state index contributed by atoms with van der Waals surface area (Å²) in [6, 6.07) is 12.3. The molecule has 0 spiro atoms. The number of unbranched alkanes of at least 4 members (excludes halogenated alkanes) is 8.